The van der Waals surface area contributed by atoms with Crippen LogP contribution in [0.5, 0.6) is 0 Å². The lowest BCUT2D eigenvalue weighted by molar-refractivity contribution is -0.115. The highest BCUT2D eigenvalue weighted by molar-refractivity contribution is 6.31. The average molecular weight is 323 g/mol. The molecule has 2 rings (SSSR count). The molecular weight excluding hydrogens is 307 g/mol. The molecule has 3 nitrogen and oxygen atoms in total. The molecule has 0 fully saturated rings. The van der Waals surface area contributed by atoms with Crippen LogP contribution in [0.15, 0.2) is 42.5 Å². The highest BCUT2D eigenvalue weighted by Crippen LogP contribution is 2.20. The lowest BCUT2D eigenvalue weighted by atomic mass is 10.2. The van der Waals surface area contributed by atoms with E-state index in [0.717, 1.165) is 11.3 Å². The van der Waals surface area contributed by atoms with Gasteiger partial charge in [-0.1, -0.05) is 35.3 Å². The zero-order valence-corrected chi connectivity index (χ0v) is 13.1. The molecule has 0 heterocycles. The molecule has 0 bridgehead atoms. The second-order valence-electron chi connectivity index (χ2n) is 4.70. The van der Waals surface area contributed by atoms with E-state index >= 15 is 0 Å². The Balaban J connectivity index is 1.81. The molecule has 2 aromatic rings. The van der Waals surface area contributed by atoms with Gasteiger partial charge in [0.1, 0.15) is 0 Å². The highest BCUT2D eigenvalue weighted by atomic mass is 35.5. The molecule has 0 aromatic heterocycles. The molecule has 0 aliphatic carbocycles. The van der Waals surface area contributed by atoms with Crippen molar-refractivity contribution in [1.82, 2.24) is 0 Å². The fourth-order valence-electron chi connectivity index (χ4n) is 1.81. The molecule has 5 heteroatoms. The smallest absolute Gasteiger partial charge is 0.226 e. The number of anilines is 2. The molecular formula is C16H16Cl2N2O. The van der Waals surface area contributed by atoms with Crippen molar-refractivity contribution in [2.45, 2.75) is 13.3 Å². The van der Waals surface area contributed by atoms with E-state index in [0.29, 0.717) is 28.7 Å². The van der Waals surface area contributed by atoms with E-state index < -0.39 is 0 Å². The zero-order chi connectivity index (χ0) is 15.2. The summed E-state index contributed by atoms with van der Waals surface area (Å²) < 4.78 is 0. The van der Waals surface area contributed by atoms with Crippen LogP contribution >= 0.6 is 23.2 Å². The molecule has 2 aromatic carbocycles. The van der Waals surface area contributed by atoms with Crippen molar-refractivity contribution in [3.63, 3.8) is 0 Å². The lowest BCUT2D eigenvalue weighted by Crippen LogP contribution is -2.16. The number of carbonyl (C=O) groups excluding carboxylic acids is 1. The number of aryl methyl sites for hydroxylation is 1. The van der Waals surface area contributed by atoms with E-state index in [1.807, 2.05) is 37.3 Å². The maximum atomic E-state index is 11.8. The second kappa shape index (κ2) is 7.34. The van der Waals surface area contributed by atoms with E-state index in [4.69, 9.17) is 23.2 Å². The molecule has 0 radical (unpaired) electrons. The first kappa shape index (κ1) is 15.7. The predicted molar refractivity (Wildman–Crippen MR) is 89.4 cm³/mol. The van der Waals surface area contributed by atoms with E-state index in [1.54, 1.807) is 12.1 Å². The van der Waals surface area contributed by atoms with E-state index in [1.165, 1.54) is 0 Å². The molecule has 0 spiro atoms. The third-order valence-electron chi connectivity index (χ3n) is 2.96. The molecule has 1 amide bonds. The third kappa shape index (κ3) is 4.96. The molecule has 21 heavy (non-hydrogen) atoms. The van der Waals surface area contributed by atoms with E-state index in [2.05, 4.69) is 10.6 Å². The summed E-state index contributed by atoms with van der Waals surface area (Å²) in [6.45, 7) is 2.45. The maximum absolute atomic E-state index is 11.8. The molecule has 0 saturated carbocycles. The Hall–Kier alpha value is -1.71. The number of nitrogens with one attached hydrogen (secondary N) is 2. The molecule has 0 unspecified atom stereocenters. The van der Waals surface area contributed by atoms with Gasteiger partial charge in [-0.05, 0) is 42.8 Å². The number of rotatable bonds is 5. The van der Waals surface area contributed by atoms with Crippen molar-refractivity contribution in [3.05, 3.63) is 58.1 Å². The van der Waals surface area contributed by atoms with Gasteiger partial charge in [0.25, 0.3) is 0 Å². The van der Waals surface area contributed by atoms with Gasteiger partial charge >= 0.3 is 0 Å². The Labute approximate surface area is 134 Å². The van der Waals surface area contributed by atoms with E-state index in [-0.39, 0.29) is 5.91 Å². The molecule has 2 N–H and O–H groups in total. The van der Waals surface area contributed by atoms with Gasteiger partial charge in [0.15, 0.2) is 0 Å². The first-order valence-corrected chi connectivity index (χ1v) is 7.35. The van der Waals surface area contributed by atoms with Crippen LogP contribution < -0.4 is 10.6 Å². The fourth-order valence-corrected chi connectivity index (χ4v) is 2.18. The van der Waals surface area contributed by atoms with E-state index in [9.17, 15) is 4.79 Å². The van der Waals surface area contributed by atoms with Gasteiger partial charge in [0.05, 0.1) is 0 Å². The molecule has 0 saturated heterocycles. The summed E-state index contributed by atoms with van der Waals surface area (Å²) in [6, 6.07) is 12.9. The molecule has 0 aliphatic rings. The second-order valence-corrected chi connectivity index (χ2v) is 5.54. The lowest BCUT2D eigenvalue weighted by Gasteiger charge is -2.08. The fraction of sp³-hybridized carbons (Fsp3) is 0.188. The highest BCUT2D eigenvalue weighted by Gasteiger charge is 2.04. The van der Waals surface area contributed by atoms with Crippen LogP contribution in [-0.4, -0.2) is 12.5 Å². The monoisotopic (exact) mass is 322 g/mol. The maximum Gasteiger partial charge on any atom is 0.226 e. The largest absolute Gasteiger partial charge is 0.384 e. The summed E-state index contributed by atoms with van der Waals surface area (Å²) in [5.41, 5.74) is 2.59. The van der Waals surface area contributed by atoms with Crippen molar-refractivity contribution in [2.75, 3.05) is 17.2 Å². The zero-order valence-electron chi connectivity index (χ0n) is 11.6. The molecule has 0 atom stereocenters. The van der Waals surface area contributed by atoms with Crippen molar-refractivity contribution < 1.29 is 4.79 Å². The minimum atomic E-state index is -0.0653. The van der Waals surface area contributed by atoms with Gasteiger partial charge < -0.3 is 10.6 Å². The number of carbonyl (C=O) groups is 1. The van der Waals surface area contributed by atoms with Crippen molar-refractivity contribution >= 4 is 40.5 Å². The Bertz CT molecular complexity index is 644. The van der Waals surface area contributed by atoms with Gasteiger partial charge in [-0.25, -0.2) is 0 Å². The van der Waals surface area contributed by atoms with Gasteiger partial charge in [0.2, 0.25) is 5.91 Å². The van der Waals surface area contributed by atoms with Crippen molar-refractivity contribution in [2.24, 2.45) is 0 Å². The van der Waals surface area contributed by atoms with Gasteiger partial charge in [-0.3, -0.25) is 4.79 Å². The first-order chi connectivity index (χ1) is 10.0. The summed E-state index contributed by atoms with van der Waals surface area (Å²) in [5, 5.41) is 7.28. The minimum absolute atomic E-state index is 0.0653. The Morgan fingerprint density at radius 2 is 1.90 bits per heavy atom. The third-order valence-corrected chi connectivity index (χ3v) is 3.60. The number of halogens is 2. The number of benzene rings is 2. The summed E-state index contributed by atoms with van der Waals surface area (Å²) in [6.07, 6.45) is 0.359. The van der Waals surface area contributed by atoms with Crippen LogP contribution in [0.1, 0.15) is 12.0 Å². The molecule has 110 valence electrons. The molecule has 0 aliphatic heterocycles. The summed E-state index contributed by atoms with van der Waals surface area (Å²) in [5.74, 6) is -0.0653. The van der Waals surface area contributed by atoms with Crippen LogP contribution in [0.25, 0.3) is 0 Å². The van der Waals surface area contributed by atoms with Crippen LogP contribution in [0.4, 0.5) is 11.4 Å². The normalized spacial score (nSPS) is 10.2. The van der Waals surface area contributed by atoms with Crippen LogP contribution in [0.3, 0.4) is 0 Å². The van der Waals surface area contributed by atoms with Gasteiger partial charge in [-0.15, -0.1) is 0 Å². The van der Waals surface area contributed by atoms with Gasteiger partial charge in [-0.2, -0.15) is 0 Å². The number of hydrogen-bond donors (Lipinski definition) is 2. The van der Waals surface area contributed by atoms with Crippen molar-refractivity contribution in [1.29, 1.82) is 0 Å². The SMILES string of the molecule is Cc1ccc(NC(=O)CCNc2cccc(Cl)c2)cc1Cl. The van der Waals surface area contributed by atoms with Crippen LogP contribution in [0.2, 0.25) is 10.0 Å². The summed E-state index contributed by atoms with van der Waals surface area (Å²) in [7, 11) is 0. The quantitative estimate of drug-likeness (QED) is 0.834. The topological polar surface area (TPSA) is 41.1 Å². The predicted octanol–water partition coefficient (Wildman–Crippen LogP) is 4.74. The van der Waals surface area contributed by atoms with Crippen LogP contribution in [-0.2, 0) is 4.79 Å². The Morgan fingerprint density at radius 1 is 1.10 bits per heavy atom. The summed E-state index contributed by atoms with van der Waals surface area (Å²) in [4.78, 5) is 11.8. The van der Waals surface area contributed by atoms with Crippen LogP contribution in [0, 0.1) is 6.92 Å². The Morgan fingerprint density at radius 3 is 2.62 bits per heavy atom. The average Bonchev–Trinajstić information content (AvgIpc) is 2.43. The minimum Gasteiger partial charge on any atom is -0.384 e. The first-order valence-electron chi connectivity index (χ1n) is 6.60. The number of amides is 1. The van der Waals surface area contributed by atoms with Gasteiger partial charge in [0, 0.05) is 34.4 Å². The Kier molecular flexibility index (Phi) is 5.48. The number of hydrogen-bond acceptors (Lipinski definition) is 2. The standard InChI is InChI=1S/C16H16Cl2N2O/c1-11-5-6-14(10-15(11)18)20-16(21)7-8-19-13-4-2-3-12(17)9-13/h2-6,9-10,19H,7-8H2,1H3,(H,20,21). The summed E-state index contributed by atoms with van der Waals surface area (Å²) >= 11 is 11.9. The van der Waals surface area contributed by atoms with Crippen molar-refractivity contribution in [3.8, 4) is 0 Å².